The lowest BCUT2D eigenvalue weighted by atomic mass is 9.77. The summed E-state index contributed by atoms with van der Waals surface area (Å²) in [6, 6.07) is 8.14. The average Bonchev–Trinajstić information content (AvgIpc) is 3.08. The number of hydrogen-bond acceptors (Lipinski definition) is 16. The van der Waals surface area contributed by atoms with Gasteiger partial charge in [-0.05, 0) is 73.8 Å². The Morgan fingerprint density at radius 3 is 2.23 bits per heavy atom. The lowest BCUT2D eigenvalue weighted by molar-refractivity contribution is -0.175. The summed E-state index contributed by atoms with van der Waals surface area (Å²) < 4.78 is 28.5. The number of cyclic esters (lactones) is 1. The van der Waals surface area contributed by atoms with Gasteiger partial charge in [0.05, 0.1) is 61.2 Å². The van der Waals surface area contributed by atoms with Gasteiger partial charge in [-0.15, -0.1) is 0 Å². The van der Waals surface area contributed by atoms with Crippen LogP contribution in [-0.4, -0.2) is 153 Å². The van der Waals surface area contributed by atoms with Gasteiger partial charge in [-0.3, -0.25) is 52.8 Å². The Kier molecular flexibility index (Phi) is 16.3. The van der Waals surface area contributed by atoms with E-state index >= 15 is 4.39 Å². The van der Waals surface area contributed by atoms with Crippen LogP contribution in [0.1, 0.15) is 84.0 Å². The number of carbonyl (C=O) groups excluding carboxylic acids is 9. The van der Waals surface area contributed by atoms with Gasteiger partial charge < -0.3 is 61.1 Å². The van der Waals surface area contributed by atoms with E-state index in [-0.39, 0.29) is 43.0 Å². The quantitative estimate of drug-likeness (QED) is 0.0235. The zero-order chi connectivity index (χ0) is 58.1. The molecule has 0 spiro atoms. The van der Waals surface area contributed by atoms with E-state index in [0.29, 0.717) is 81.5 Å². The van der Waals surface area contributed by atoms with Crippen molar-refractivity contribution >= 4 is 70.1 Å². The van der Waals surface area contributed by atoms with Crippen molar-refractivity contribution in [3.8, 4) is 11.4 Å². The summed E-state index contributed by atoms with van der Waals surface area (Å²) in [5, 5.41) is 35.7. The molecule has 5 heterocycles. The molecule has 2 aliphatic carbocycles. The number of nitrogens with one attached hydrogen (secondary N) is 6. The van der Waals surface area contributed by atoms with Crippen molar-refractivity contribution in [1.29, 1.82) is 0 Å². The van der Waals surface area contributed by atoms with Gasteiger partial charge in [-0.2, -0.15) is 0 Å². The van der Waals surface area contributed by atoms with Crippen molar-refractivity contribution in [2.75, 3.05) is 46.5 Å². The fraction of sp³-hybridized carbons (Fsp3) is 0.418. The molecule has 4 atom stereocenters. The monoisotopic (exact) mass is 1120 g/mol. The Morgan fingerprint density at radius 2 is 1.57 bits per heavy atom. The number of pyridine rings is 2. The number of benzene rings is 2. The summed E-state index contributed by atoms with van der Waals surface area (Å²) in [7, 11) is 1.65. The Balaban J connectivity index is 0.818. The van der Waals surface area contributed by atoms with Gasteiger partial charge in [-0.1, -0.05) is 37.3 Å². The predicted molar refractivity (Wildman–Crippen MR) is 280 cm³/mol. The Morgan fingerprint density at radius 1 is 0.889 bits per heavy atom. The topological polar surface area (TPSA) is 343 Å². The van der Waals surface area contributed by atoms with Crippen molar-refractivity contribution in [3.05, 3.63) is 110 Å². The minimum atomic E-state index is -2.07. The molecule has 5 aliphatic rings. The molecule has 0 unspecified atom stereocenters. The largest absolute Gasteiger partial charge is 0.480 e. The molecule has 26 heteroatoms. The standard InChI is InChI=1S/C55H59FN10O15/c1-4-55(79)33-18-38-48-31(25-65(38)51(76)32(33)26-80-53(55)78)47-37(12-11-30-28(2)34(56)19-35(63-48)46(30)47)64(3)52(77)54(15-8-16-54)81-27-61-41(68)22-59-49(74)36(17-29-9-6-5-7-10-29)62-42(69)23-58-40(67)21-60-50(75)39(20-57-24-45(72)73)66-43(70)13-14-44(66)71/h5-7,9-10,13-14,18-19,36-37,39,57,79H,4,8,11-12,15-17,20-27H2,1-3H3,(H,58,67)(H,59,74)(H,60,75)(H,61,68)(H,62,69)(H,72,73)/t36-,37-,39-,55-/m0/s1. The van der Waals surface area contributed by atoms with E-state index in [4.69, 9.17) is 19.6 Å². The van der Waals surface area contributed by atoms with Crippen LogP contribution in [0.25, 0.3) is 22.3 Å². The smallest absolute Gasteiger partial charge is 0.343 e. The number of aryl methyl sites for hydroxylation is 1. The van der Waals surface area contributed by atoms with Crippen LogP contribution in [0, 0.1) is 12.7 Å². The summed E-state index contributed by atoms with van der Waals surface area (Å²) >= 11 is 0. The second kappa shape index (κ2) is 23.1. The zero-order valence-corrected chi connectivity index (χ0v) is 44.4. The molecule has 0 saturated heterocycles. The van der Waals surface area contributed by atoms with Gasteiger partial charge in [-0.25, -0.2) is 14.2 Å². The number of hydrogen-bond donors (Lipinski definition) is 8. The summed E-state index contributed by atoms with van der Waals surface area (Å²) in [6.45, 7) is -0.398. The molecule has 8 N–H and O–H groups in total. The lowest BCUT2D eigenvalue weighted by Crippen LogP contribution is -2.56. The summed E-state index contributed by atoms with van der Waals surface area (Å²) in [5.41, 5.74) is 0.483. The molecule has 1 saturated carbocycles. The van der Waals surface area contributed by atoms with Crippen LogP contribution >= 0.6 is 0 Å². The molecular weight excluding hydrogens is 1060 g/mol. The average molecular weight is 1120 g/mol. The molecule has 2 aromatic heterocycles. The number of likely N-dealkylation sites (N-methyl/N-ethyl adjacent to an activating group) is 1. The molecule has 2 aromatic carbocycles. The molecule has 0 radical (unpaired) electrons. The van der Waals surface area contributed by atoms with Crippen molar-refractivity contribution < 1.29 is 72.0 Å². The molecule has 9 rings (SSSR count). The number of imide groups is 1. The van der Waals surface area contributed by atoms with E-state index in [1.807, 2.05) is 0 Å². The first kappa shape index (κ1) is 57.0. The van der Waals surface area contributed by atoms with Gasteiger partial charge in [0.25, 0.3) is 23.3 Å². The van der Waals surface area contributed by atoms with Crippen molar-refractivity contribution in [3.63, 3.8) is 0 Å². The first-order valence-corrected chi connectivity index (χ1v) is 26.3. The minimum Gasteiger partial charge on any atom is -0.480 e. The van der Waals surface area contributed by atoms with Gasteiger partial charge in [0, 0.05) is 54.7 Å². The van der Waals surface area contributed by atoms with E-state index < -0.39 is 133 Å². The number of carboxylic acid groups (broad SMARTS) is 1. The molecule has 81 heavy (non-hydrogen) atoms. The molecule has 0 bridgehead atoms. The highest BCUT2D eigenvalue weighted by molar-refractivity contribution is 6.15. The van der Waals surface area contributed by atoms with E-state index in [0.717, 1.165) is 17.7 Å². The number of carboxylic acids is 1. The van der Waals surface area contributed by atoms with Gasteiger partial charge >= 0.3 is 11.9 Å². The Bertz CT molecular complexity index is 3400. The van der Waals surface area contributed by atoms with E-state index in [1.54, 1.807) is 62.2 Å². The van der Waals surface area contributed by atoms with E-state index in [2.05, 4.69) is 31.9 Å². The summed E-state index contributed by atoms with van der Waals surface area (Å²) in [5.74, 6) is -8.74. The first-order valence-electron chi connectivity index (χ1n) is 26.3. The molecule has 4 aromatic rings. The summed E-state index contributed by atoms with van der Waals surface area (Å²) in [6.07, 6.45) is 3.83. The predicted octanol–water partition coefficient (Wildman–Crippen LogP) is -0.970. The number of carbonyl (C=O) groups is 10. The van der Waals surface area contributed by atoms with Crippen molar-refractivity contribution in [1.82, 2.24) is 51.3 Å². The third kappa shape index (κ3) is 11.1. The van der Waals surface area contributed by atoms with Gasteiger partial charge in [0.2, 0.25) is 29.5 Å². The number of nitrogens with zero attached hydrogens (tertiary/aromatic N) is 4. The molecule has 25 nitrogen and oxygen atoms in total. The van der Waals surface area contributed by atoms with Crippen molar-refractivity contribution in [2.45, 2.75) is 101 Å². The number of rotatable bonds is 22. The minimum absolute atomic E-state index is 0.0313. The van der Waals surface area contributed by atoms with Crippen LogP contribution in [-0.2, 0) is 89.0 Å². The SMILES string of the molecule is CC[C@@]1(O)C(=O)OCc2c1cc1n(c2=O)Cc2c-1nc1cc(F)c(C)c3c1c2[C@@H](N(C)C(=O)C1(OCNC(=O)CNC(=O)[C@H](Cc2ccccc2)NC(=O)CNC(=O)CNC(=O)[C@H](CNCC(=O)O)N2C(=O)C=CC2=O)CCC1)CC3. The maximum absolute atomic E-state index is 15.6. The van der Waals surface area contributed by atoms with Crippen LogP contribution in [0.5, 0.6) is 0 Å². The molecular formula is C55H59FN10O15. The number of ether oxygens (including phenoxy) is 2. The van der Waals surface area contributed by atoms with Crippen LogP contribution < -0.4 is 37.5 Å². The van der Waals surface area contributed by atoms with Gasteiger partial charge in [0.1, 0.15) is 36.8 Å². The molecule has 1 fully saturated rings. The normalized spacial score (nSPS) is 18.8. The van der Waals surface area contributed by atoms with Crippen LogP contribution in [0.4, 0.5) is 4.39 Å². The Hall–Kier alpha value is -8.75. The third-order valence-corrected chi connectivity index (χ3v) is 15.6. The molecule has 3 aliphatic heterocycles. The maximum Gasteiger partial charge on any atom is 0.343 e. The Labute approximate surface area is 461 Å². The van der Waals surface area contributed by atoms with Crippen LogP contribution in [0.15, 0.2) is 59.4 Å². The number of aliphatic carboxylic acids is 1. The van der Waals surface area contributed by atoms with Crippen LogP contribution in [0.2, 0.25) is 0 Å². The maximum atomic E-state index is 15.6. The van der Waals surface area contributed by atoms with E-state index in [1.165, 1.54) is 10.6 Å². The number of aliphatic hydroxyl groups is 1. The van der Waals surface area contributed by atoms with Gasteiger partial charge in [0.15, 0.2) is 5.60 Å². The lowest BCUT2D eigenvalue weighted by Gasteiger charge is -2.45. The third-order valence-electron chi connectivity index (χ3n) is 15.6. The van der Waals surface area contributed by atoms with Crippen LogP contribution in [0.3, 0.4) is 0 Å². The fourth-order valence-electron chi connectivity index (χ4n) is 11.1. The van der Waals surface area contributed by atoms with Crippen molar-refractivity contribution in [2.24, 2.45) is 0 Å². The number of esters is 1. The highest BCUT2D eigenvalue weighted by Gasteiger charge is 2.50. The molecule has 8 amide bonds. The highest BCUT2D eigenvalue weighted by atomic mass is 19.1. The second-order valence-corrected chi connectivity index (χ2v) is 20.5. The summed E-state index contributed by atoms with van der Waals surface area (Å²) in [4.78, 5) is 150. The highest BCUT2D eigenvalue weighted by Crippen LogP contribution is 2.49. The second-order valence-electron chi connectivity index (χ2n) is 20.5. The van der Waals surface area contributed by atoms with E-state index in [9.17, 15) is 57.8 Å². The zero-order valence-electron chi connectivity index (χ0n) is 44.4. The number of amides is 8. The number of fused-ring (bicyclic) bond motifs is 5. The fourth-order valence-corrected chi connectivity index (χ4v) is 11.1. The number of aromatic nitrogens is 2. The molecule has 426 valence electrons. The number of halogens is 1. The first-order chi connectivity index (χ1) is 38.7.